The molecule has 0 fully saturated rings. The van der Waals surface area contributed by atoms with Gasteiger partial charge in [-0.15, -0.1) is 0 Å². The number of thiol groups is 1. The van der Waals surface area contributed by atoms with E-state index in [1.165, 1.54) is 5.56 Å². The average molecular weight is 250 g/mol. The summed E-state index contributed by atoms with van der Waals surface area (Å²) < 4.78 is 1.77. The zero-order valence-electron chi connectivity index (χ0n) is 10.5. The molecule has 0 aliphatic heterocycles. The van der Waals surface area contributed by atoms with Crippen LogP contribution in [-0.4, -0.2) is 19.4 Å². The fourth-order valence-electron chi connectivity index (χ4n) is 1.46. The molecule has 0 radical (unpaired) electrons. The van der Waals surface area contributed by atoms with Gasteiger partial charge >= 0.3 is 0 Å². The Hall–Kier alpha value is -1.42. The van der Waals surface area contributed by atoms with Crippen LogP contribution in [0.25, 0.3) is 0 Å². The third-order valence-electron chi connectivity index (χ3n) is 2.28. The summed E-state index contributed by atoms with van der Waals surface area (Å²) in [4.78, 5) is 5.10. The number of nitrogens with zero attached hydrogens (tertiary/aromatic N) is 2. The Morgan fingerprint density at radius 1 is 1.59 bits per heavy atom. The highest BCUT2D eigenvalue weighted by Crippen LogP contribution is 2.23. The monoisotopic (exact) mass is 250 g/mol. The first-order chi connectivity index (χ1) is 8.06. The lowest BCUT2D eigenvalue weighted by molar-refractivity contribution is 0.175. The van der Waals surface area contributed by atoms with Crippen LogP contribution in [0.5, 0.6) is 0 Å². The van der Waals surface area contributed by atoms with Gasteiger partial charge < -0.3 is 9.14 Å². The van der Waals surface area contributed by atoms with Crippen molar-refractivity contribution in [2.24, 2.45) is 5.16 Å². The van der Waals surface area contributed by atoms with Gasteiger partial charge in [0.15, 0.2) is 0 Å². The molecule has 0 bridgehead atoms. The van der Waals surface area contributed by atoms with Crippen LogP contribution in [0.15, 0.2) is 36.0 Å². The number of oxime groups is 1. The summed E-state index contributed by atoms with van der Waals surface area (Å²) >= 11 is 4.32. The Morgan fingerprint density at radius 2 is 2.29 bits per heavy atom. The molecule has 0 saturated heterocycles. The normalized spacial score (nSPS) is 11.2. The van der Waals surface area contributed by atoms with Crippen LogP contribution in [0.2, 0.25) is 0 Å². The van der Waals surface area contributed by atoms with Gasteiger partial charge in [-0.1, -0.05) is 42.3 Å². The Bertz CT molecular complexity index is 427. The minimum atomic E-state index is 0.412. The van der Waals surface area contributed by atoms with Crippen LogP contribution in [0.3, 0.4) is 0 Å². The first kappa shape index (κ1) is 13.6. The van der Waals surface area contributed by atoms with Crippen LogP contribution in [-0.2, 0) is 4.84 Å². The van der Waals surface area contributed by atoms with E-state index < -0.39 is 0 Å². The molecule has 0 spiro atoms. The molecule has 1 aromatic carbocycles. The molecule has 0 amide bonds. The van der Waals surface area contributed by atoms with E-state index in [0.29, 0.717) is 6.61 Å². The maximum absolute atomic E-state index is 5.10. The second kappa shape index (κ2) is 6.35. The molecular formula is C13H18N2OS. The molecular weight excluding hydrogens is 232 g/mol. The van der Waals surface area contributed by atoms with Gasteiger partial charge in [-0.3, -0.25) is 0 Å². The van der Waals surface area contributed by atoms with Crippen molar-refractivity contribution in [1.29, 1.82) is 0 Å². The third kappa shape index (κ3) is 3.82. The smallest absolute Gasteiger partial charge is 0.135 e. The van der Waals surface area contributed by atoms with E-state index in [9.17, 15) is 0 Å². The van der Waals surface area contributed by atoms with Crippen LogP contribution in [0.1, 0.15) is 18.1 Å². The van der Waals surface area contributed by atoms with E-state index in [2.05, 4.69) is 30.6 Å². The van der Waals surface area contributed by atoms with Gasteiger partial charge in [-0.25, -0.2) is 0 Å². The molecule has 92 valence electrons. The van der Waals surface area contributed by atoms with Crippen molar-refractivity contribution >= 4 is 24.2 Å². The van der Waals surface area contributed by atoms with E-state index in [4.69, 9.17) is 4.84 Å². The Labute approximate surface area is 108 Å². The zero-order valence-corrected chi connectivity index (χ0v) is 11.4. The lowest BCUT2D eigenvalue weighted by Crippen LogP contribution is -2.08. The van der Waals surface area contributed by atoms with Gasteiger partial charge in [0.25, 0.3) is 0 Å². The van der Waals surface area contributed by atoms with Crippen molar-refractivity contribution in [3.8, 4) is 0 Å². The molecule has 3 nitrogen and oxygen atoms in total. The average Bonchev–Trinajstić information content (AvgIpc) is 2.28. The fourth-order valence-corrected chi connectivity index (χ4v) is 1.63. The van der Waals surface area contributed by atoms with Crippen molar-refractivity contribution < 1.29 is 4.84 Å². The van der Waals surface area contributed by atoms with Crippen LogP contribution in [0.4, 0.5) is 5.69 Å². The molecule has 0 N–H and O–H groups in total. The van der Waals surface area contributed by atoms with Gasteiger partial charge in [-0.05, 0) is 26.0 Å². The summed E-state index contributed by atoms with van der Waals surface area (Å²) in [6.07, 6.45) is 1.67. The van der Waals surface area contributed by atoms with E-state index in [1.807, 2.05) is 33.0 Å². The highest BCUT2D eigenvalue weighted by molar-refractivity contribution is 7.81. The molecule has 0 saturated carbocycles. The Balaban J connectivity index is 3.05. The standard InChI is InChI=1S/C13H18N2OS/c1-5-8-16-14-11(3)12-9-10(2)6-7-13(12)15(4)17/h5-7,9,17H,1,8H2,2-4H3/b14-11+. The van der Waals surface area contributed by atoms with E-state index in [-0.39, 0.29) is 0 Å². The van der Waals surface area contributed by atoms with E-state index in [0.717, 1.165) is 17.0 Å². The predicted octanol–water partition coefficient (Wildman–Crippen LogP) is 3.20. The van der Waals surface area contributed by atoms with Crippen molar-refractivity contribution in [2.45, 2.75) is 13.8 Å². The van der Waals surface area contributed by atoms with Gasteiger partial charge in [0.2, 0.25) is 0 Å². The molecule has 0 aliphatic carbocycles. The molecule has 0 unspecified atom stereocenters. The number of hydrogen-bond acceptors (Lipinski definition) is 4. The van der Waals surface area contributed by atoms with Crippen LogP contribution in [0, 0.1) is 6.92 Å². The van der Waals surface area contributed by atoms with E-state index in [1.54, 1.807) is 10.4 Å². The van der Waals surface area contributed by atoms with Gasteiger partial charge in [-0.2, -0.15) is 0 Å². The summed E-state index contributed by atoms with van der Waals surface area (Å²) in [6.45, 7) is 7.95. The summed E-state index contributed by atoms with van der Waals surface area (Å²) in [5.41, 5.74) is 4.03. The summed E-state index contributed by atoms with van der Waals surface area (Å²) in [7, 11) is 1.88. The second-order valence-electron chi connectivity index (χ2n) is 3.81. The number of rotatable bonds is 5. The van der Waals surface area contributed by atoms with Crippen molar-refractivity contribution in [2.75, 3.05) is 18.0 Å². The molecule has 0 aromatic heterocycles. The fraction of sp³-hybridized carbons (Fsp3) is 0.308. The second-order valence-corrected chi connectivity index (χ2v) is 4.41. The van der Waals surface area contributed by atoms with Crippen molar-refractivity contribution in [3.05, 3.63) is 42.0 Å². The first-order valence-corrected chi connectivity index (χ1v) is 5.77. The van der Waals surface area contributed by atoms with Crippen molar-refractivity contribution in [1.82, 2.24) is 0 Å². The lowest BCUT2D eigenvalue weighted by atomic mass is 10.1. The maximum Gasteiger partial charge on any atom is 0.135 e. The Kier molecular flexibility index (Phi) is 5.10. The number of hydrogen-bond donors (Lipinski definition) is 1. The minimum Gasteiger partial charge on any atom is -0.391 e. The molecule has 1 aromatic rings. The number of benzene rings is 1. The van der Waals surface area contributed by atoms with Gasteiger partial charge in [0.1, 0.15) is 6.61 Å². The largest absolute Gasteiger partial charge is 0.391 e. The minimum absolute atomic E-state index is 0.412. The SMILES string of the molecule is C=CCO/N=C(\C)c1cc(C)ccc1N(C)S. The highest BCUT2D eigenvalue weighted by atomic mass is 32.1. The summed E-state index contributed by atoms with van der Waals surface area (Å²) in [6, 6.07) is 6.13. The van der Waals surface area contributed by atoms with Gasteiger partial charge in [0, 0.05) is 12.6 Å². The first-order valence-electron chi connectivity index (χ1n) is 5.37. The molecule has 0 aliphatic rings. The van der Waals surface area contributed by atoms with Gasteiger partial charge in [0.05, 0.1) is 11.4 Å². The highest BCUT2D eigenvalue weighted by Gasteiger charge is 2.08. The Morgan fingerprint density at radius 3 is 2.88 bits per heavy atom. The van der Waals surface area contributed by atoms with E-state index >= 15 is 0 Å². The number of aryl methyl sites for hydroxylation is 1. The maximum atomic E-state index is 5.10. The molecule has 0 atom stereocenters. The predicted molar refractivity (Wildman–Crippen MR) is 76.9 cm³/mol. The third-order valence-corrected chi connectivity index (χ3v) is 2.50. The quantitative estimate of drug-likeness (QED) is 0.285. The molecule has 17 heavy (non-hydrogen) atoms. The van der Waals surface area contributed by atoms with Crippen LogP contribution >= 0.6 is 12.8 Å². The molecule has 4 heteroatoms. The zero-order chi connectivity index (χ0) is 12.8. The molecule has 1 rings (SSSR count). The van der Waals surface area contributed by atoms with Crippen LogP contribution < -0.4 is 4.31 Å². The lowest BCUT2D eigenvalue weighted by Gasteiger charge is -2.16. The summed E-state index contributed by atoms with van der Waals surface area (Å²) in [5, 5.41) is 4.05. The number of anilines is 1. The molecule has 0 heterocycles. The van der Waals surface area contributed by atoms with Crippen molar-refractivity contribution in [3.63, 3.8) is 0 Å². The topological polar surface area (TPSA) is 24.8 Å². The summed E-state index contributed by atoms with van der Waals surface area (Å²) in [5.74, 6) is 0.